The Morgan fingerprint density at radius 1 is 1.06 bits per heavy atom. The summed E-state index contributed by atoms with van der Waals surface area (Å²) >= 11 is 0. The molecule has 176 valence electrons. The van der Waals surface area contributed by atoms with Crippen molar-refractivity contribution in [1.82, 2.24) is 10.2 Å². The maximum atomic E-state index is 13.4. The maximum Gasteiger partial charge on any atom is 0.407 e. The highest BCUT2D eigenvalue weighted by molar-refractivity contribution is 5.94. The summed E-state index contributed by atoms with van der Waals surface area (Å²) in [6.07, 6.45) is 2.00. The van der Waals surface area contributed by atoms with Gasteiger partial charge in [-0.05, 0) is 59.3 Å². The molecule has 7 nitrogen and oxygen atoms in total. The number of rotatable bonds is 6. The van der Waals surface area contributed by atoms with Crippen molar-refractivity contribution in [3.8, 4) is 11.1 Å². The van der Waals surface area contributed by atoms with Crippen molar-refractivity contribution in [1.29, 1.82) is 0 Å². The highest BCUT2D eigenvalue weighted by Crippen LogP contribution is 2.59. The molecule has 34 heavy (non-hydrogen) atoms. The van der Waals surface area contributed by atoms with Gasteiger partial charge >= 0.3 is 12.1 Å². The summed E-state index contributed by atoms with van der Waals surface area (Å²) in [6.45, 7) is 2.62. The molecule has 2 N–H and O–H groups in total. The predicted molar refractivity (Wildman–Crippen MR) is 124 cm³/mol. The topological polar surface area (TPSA) is 95.9 Å². The summed E-state index contributed by atoms with van der Waals surface area (Å²) in [6, 6.07) is 15.5. The molecule has 7 rings (SSSR count). The molecule has 2 bridgehead atoms. The number of alkyl carbamates (subject to hydrolysis) is 1. The molecule has 2 aromatic carbocycles. The van der Waals surface area contributed by atoms with Crippen molar-refractivity contribution in [3.63, 3.8) is 0 Å². The van der Waals surface area contributed by atoms with Crippen LogP contribution >= 0.6 is 0 Å². The van der Waals surface area contributed by atoms with Crippen LogP contribution in [-0.4, -0.2) is 52.7 Å². The molecule has 2 aromatic rings. The van der Waals surface area contributed by atoms with Crippen molar-refractivity contribution in [2.24, 2.45) is 11.3 Å². The zero-order valence-electron chi connectivity index (χ0n) is 19.1. The van der Waals surface area contributed by atoms with Gasteiger partial charge in [-0.1, -0.05) is 55.5 Å². The minimum atomic E-state index is -1.12. The minimum absolute atomic E-state index is 0.0319. The van der Waals surface area contributed by atoms with Gasteiger partial charge in [0.2, 0.25) is 5.91 Å². The minimum Gasteiger partial charge on any atom is -0.479 e. The van der Waals surface area contributed by atoms with Gasteiger partial charge in [-0.15, -0.1) is 0 Å². The van der Waals surface area contributed by atoms with E-state index in [9.17, 15) is 19.5 Å². The number of nitrogens with zero attached hydrogens (tertiary/aromatic N) is 1. The average Bonchev–Trinajstić information content (AvgIpc) is 3.45. The third-order valence-corrected chi connectivity index (χ3v) is 8.14. The highest BCUT2D eigenvalue weighted by atomic mass is 16.5. The molecule has 3 aliphatic carbocycles. The quantitative estimate of drug-likeness (QED) is 0.684. The van der Waals surface area contributed by atoms with Crippen LogP contribution in [0.15, 0.2) is 48.5 Å². The van der Waals surface area contributed by atoms with Crippen LogP contribution in [0.5, 0.6) is 0 Å². The largest absolute Gasteiger partial charge is 0.479 e. The molecule has 4 fully saturated rings. The molecule has 7 heteroatoms. The second-order valence-electron chi connectivity index (χ2n) is 10.7. The van der Waals surface area contributed by atoms with E-state index in [2.05, 4.69) is 29.6 Å². The number of amides is 2. The fourth-order valence-electron chi connectivity index (χ4n) is 6.50. The first-order chi connectivity index (χ1) is 16.3. The molecule has 1 atom stereocenters. The van der Waals surface area contributed by atoms with Gasteiger partial charge in [0.25, 0.3) is 0 Å². The lowest BCUT2D eigenvalue weighted by Crippen LogP contribution is -2.60. The molecule has 0 aromatic heterocycles. The van der Waals surface area contributed by atoms with E-state index in [1.54, 1.807) is 0 Å². The number of benzene rings is 2. The molecule has 0 spiro atoms. The molecule has 5 aliphatic rings. The molecular weight excluding hydrogens is 432 g/mol. The van der Waals surface area contributed by atoms with Gasteiger partial charge < -0.3 is 20.1 Å². The second kappa shape index (κ2) is 7.32. The van der Waals surface area contributed by atoms with E-state index in [-0.39, 0.29) is 29.8 Å². The summed E-state index contributed by atoms with van der Waals surface area (Å²) in [5.41, 5.74) is 3.28. The van der Waals surface area contributed by atoms with Crippen LogP contribution < -0.4 is 5.32 Å². The van der Waals surface area contributed by atoms with E-state index in [4.69, 9.17) is 4.74 Å². The third kappa shape index (κ3) is 3.13. The van der Waals surface area contributed by atoms with Crippen molar-refractivity contribution in [3.05, 3.63) is 59.7 Å². The molecule has 2 heterocycles. The SMILES string of the molecule is CC12CN(C(=O)C(NC(=O)OCC3c4ccccc4-c4ccccc43)C3CC3)C(C(=O)O)(C1)C2. The fourth-order valence-corrected chi connectivity index (χ4v) is 6.50. The number of carboxylic acids is 1. The lowest BCUT2D eigenvalue weighted by molar-refractivity contribution is -0.160. The Morgan fingerprint density at radius 3 is 2.21 bits per heavy atom. The fraction of sp³-hybridized carbons (Fsp3) is 0.444. The Bertz CT molecular complexity index is 1150. The van der Waals surface area contributed by atoms with Crippen LogP contribution in [0, 0.1) is 11.3 Å². The smallest absolute Gasteiger partial charge is 0.407 e. The lowest BCUT2D eigenvalue weighted by atomic mass is 9.63. The Labute approximate surface area is 198 Å². The molecule has 0 radical (unpaired) electrons. The van der Waals surface area contributed by atoms with Crippen LogP contribution in [0.25, 0.3) is 11.1 Å². The average molecular weight is 461 g/mol. The number of hydrogen-bond acceptors (Lipinski definition) is 4. The molecular formula is C27H28N2O5. The molecule has 1 unspecified atom stereocenters. The lowest BCUT2D eigenvalue weighted by Gasteiger charge is -2.43. The number of fused-ring (bicyclic) bond motifs is 4. The molecule has 2 saturated heterocycles. The maximum absolute atomic E-state index is 13.4. The predicted octanol–water partition coefficient (Wildman–Crippen LogP) is 3.77. The van der Waals surface area contributed by atoms with Crippen molar-refractivity contribution in [2.45, 2.75) is 50.1 Å². The van der Waals surface area contributed by atoms with E-state index in [1.165, 1.54) is 4.90 Å². The number of ether oxygens (including phenoxy) is 1. The summed E-state index contributed by atoms with van der Waals surface area (Å²) in [5.74, 6) is -1.27. The number of hydrogen-bond donors (Lipinski definition) is 2. The normalized spacial score (nSPS) is 27.4. The van der Waals surface area contributed by atoms with E-state index in [0.29, 0.717) is 19.4 Å². The van der Waals surface area contributed by atoms with Crippen LogP contribution in [0.1, 0.15) is 49.7 Å². The van der Waals surface area contributed by atoms with E-state index in [0.717, 1.165) is 35.1 Å². The van der Waals surface area contributed by atoms with Gasteiger partial charge in [-0.25, -0.2) is 9.59 Å². The van der Waals surface area contributed by atoms with Gasteiger partial charge in [-0.2, -0.15) is 0 Å². The number of nitrogens with one attached hydrogen (secondary N) is 1. The first-order valence-electron chi connectivity index (χ1n) is 12.0. The summed E-state index contributed by atoms with van der Waals surface area (Å²) in [5, 5.41) is 12.6. The molecule has 2 aliphatic heterocycles. The highest BCUT2D eigenvalue weighted by Gasteiger charge is 2.69. The Balaban J connectivity index is 1.16. The zero-order valence-corrected chi connectivity index (χ0v) is 19.1. The van der Waals surface area contributed by atoms with Crippen LogP contribution in [0.4, 0.5) is 4.79 Å². The van der Waals surface area contributed by atoms with Crippen LogP contribution in [-0.2, 0) is 14.3 Å². The molecule has 2 amide bonds. The van der Waals surface area contributed by atoms with Crippen molar-refractivity contribution < 1.29 is 24.2 Å². The van der Waals surface area contributed by atoms with E-state index >= 15 is 0 Å². The number of carboxylic acid groups (broad SMARTS) is 1. The Hall–Kier alpha value is -3.35. The van der Waals surface area contributed by atoms with E-state index in [1.807, 2.05) is 31.2 Å². The van der Waals surface area contributed by atoms with Gasteiger partial charge in [-0.3, -0.25) is 4.79 Å². The Morgan fingerprint density at radius 2 is 1.65 bits per heavy atom. The molecule has 2 saturated carbocycles. The van der Waals surface area contributed by atoms with Gasteiger partial charge in [0.15, 0.2) is 0 Å². The summed E-state index contributed by atoms with van der Waals surface area (Å²) in [4.78, 5) is 39.8. The van der Waals surface area contributed by atoms with Gasteiger partial charge in [0.1, 0.15) is 18.2 Å². The summed E-state index contributed by atoms with van der Waals surface area (Å²) < 4.78 is 5.65. The van der Waals surface area contributed by atoms with Crippen molar-refractivity contribution >= 4 is 18.0 Å². The van der Waals surface area contributed by atoms with E-state index < -0.39 is 23.6 Å². The first kappa shape index (κ1) is 21.2. The second-order valence-corrected chi connectivity index (χ2v) is 10.7. The third-order valence-electron chi connectivity index (χ3n) is 8.14. The summed E-state index contributed by atoms with van der Waals surface area (Å²) in [7, 11) is 0. The van der Waals surface area contributed by atoms with Gasteiger partial charge in [0.05, 0.1) is 0 Å². The monoisotopic (exact) mass is 460 g/mol. The first-order valence-corrected chi connectivity index (χ1v) is 12.0. The van der Waals surface area contributed by atoms with Crippen LogP contribution in [0.2, 0.25) is 0 Å². The Kier molecular flexibility index (Phi) is 4.57. The zero-order chi connectivity index (χ0) is 23.7. The van der Waals surface area contributed by atoms with Crippen molar-refractivity contribution in [2.75, 3.05) is 13.2 Å². The number of carbonyl (C=O) groups is 3. The van der Waals surface area contributed by atoms with Crippen LogP contribution in [0.3, 0.4) is 0 Å². The number of aliphatic carboxylic acids is 1. The standard InChI is InChI=1S/C27H28N2O5/c1-26-13-27(14-26,24(31)32)29(15-26)23(30)22(16-10-11-16)28-25(33)34-12-21-19-8-4-2-6-17(19)18-7-3-5-9-20(18)21/h2-9,16,21-22H,10-15H2,1H3,(H,28,33)(H,31,32). The number of carbonyl (C=O) groups excluding carboxylic acids is 2. The van der Waals surface area contributed by atoms with Gasteiger partial charge in [0, 0.05) is 12.5 Å².